The van der Waals surface area contributed by atoms with E-state index in [1.54, 1.807) is 13.1 Å². The molecule has 2 amide bonds. The van der Waals surface area contributed by atoms with Crippen LogP contribution in [0, 0.1) is 5.92 Å². The highest BCUT2D eigenvalue weighted by Crippen LogP contribution is 2.21. The van der Waals surface area contributed by atoms with Crippen LogP contribution in [-0.4, -0.2) is 23.7 Å². The second-order valence-electron chi connectivity index (χ2n) is 6.65. The van der Waals surface area contributed by atoms with E-state index in [9.17, 15) is 9.59 Å². The van der Waals surface area contributed by atoms with Crippen LogP contribution in [0.3, 0.4) is 0 Å². The van der Waals surface area contributed by atoms with E-state index in [1.807, 2.05) is 24.3 Å². The van der Waals surface area contributed by atoms with Gasteiger partial charge in [0.2, 0.25) is 11.8 Å². The van der Waals surface area contributed by atoms with Gasteiger partial charge < -0.3 is 0 Å². The predicted molar refractivity (Wildman–Crippen MR) is 90.2 cm³/mol. The molecule has 2 N–H and O–H groups in total. The van der Waals surface area contributed by atoms with Gasteiger partial charge in [0.05, 0.1) is 12.1 Å². The van der Waals surface area contributed by atoms with Crippen LogP contribution in [0.15, 0.2) is 34.5 Å². The quantitative estimate of drug-likeness (QED) is 0.657. The maximum Gasteiger partial charge on any atom is 0.249 e. The van der Waals surface area contributed by atoms with Gasteiger partial charge in [-0.1, -0.05) is 45.0 Å². The molecule has 122 valence electrons. The fourth-order valence-electron chi connectivity index (χ4n) is 2.21. The van der Waals surface area contributed by atoms with Crippen molar-refractivity contribution in [2.75, 3.05) is 0 Å². The Balaban J connectivity index is 1.88. The maximum atomic E-state index is 11.8. The first kappa shape index (κ1) is 16.9. The largest absolute Gasteiger partial charge is 0.273 e. The van der Waals surface area contributed by atoms with E-state index in [1.165, 1.54) is 5.56 Å². The Morgan fingerprint density at radius 3 is 2.52 bits per heavy atom. The fraction of sp³-hybridized carbons (Fsp3) is 0.412. The van der Waals surface area contributed by atoms with Gasteiger partial charge in [0.1, 0.15) is 0 Å². The standard InChI is InChI=1S/C17H22N4O2/c1-11-14(16(23)21-19-11)9-15(22)20-18-10-12-5-7-13(8-6-12)17(2,3)4/h5-8,10,14H,9H2,1-4H3,(H,20,22)(H,21,23)/b18-10-/t14-/m0/s1. The first-order chi connectivity index (χ1) is 10.8. The van der Waals surface area contributed by atoms with Crippen molar-refractivity contribution in [2.45, 2.75) is 39.5 Å². The summed E-state index contributed by atoms with van der Waals surface area (Å²) >= 11 is 0. The molecule has 1 aromatic carbocycles. The Morgan fingerprint density at radius 2 is 2.00 bits per heavy atom. The van der Waals surface area contributed by atoms with Gasteiger partial charge in [0.25, 0.3) is 0 Å². The average Bonchev–Trinajstić information content (AvgIpc) is 2.79. The minimum absolute atomic E-state index is 0.0431. The van der Waals surface area contributed by atoms with E-state index >= 15 is 0 Å². The second kappa shape index (κ2) is 6.73. The van der Waals surface area contributed by atoms with Crippen LogP contribution in [0.4, 0.5) is 0 Å². The van der Waals surface area contributed by atoms with Crippen molar-refractivity contribution in [1.82, 2.24) is 10.9 Å². The molecule has 0 spiro atoms. The fourth-order valence-corrected chi connectivity index (χ4v) is 2.21. The first-order valence-corrected chi connectivity index (χ1v) is 7.54. The van der Waals surface area contributed by atoms with Gasteiger partial charge >= 0.3 is 0 Å². The lowest BCUT2D eigenvalue weighted by Gasteiger charge is -2.18. The maximum absolute atomic E-state index is 11.8. The minimum atomic E-state index is -0.503. The van der Waals surface area contributed by atoms with E-state index in [2.05, 4.69) is 41.8 Å². The van der Waals surface area contributed by atoms with Crippen LogP contribution >= 0.6 is 0 Å². The van der Waals surface area contributed by atoms with Gasteiger partial charge in [-0.05, 0) is 23.5 Å². The Hall–Kier alpha value is -2.50. The van der Waals surface area contributed by atoms with E-state index in [4.69, 9.17) is 0 Å². The Kier molecular flexibility index (Phi) is 4.93. The van der Waals surface area contributed by atoms with Crippen molar-refractivity contribution in [2.24, 2.45) is 16.1 Å². The molecule has 0 unspecified atom stereocenters. The van der Waals surface area contributed by atoms with Gasteiger partial charge in [-0.15, -0.1) is 0 Å². The van der Waals surface area contributed by atoms with Crippen molar-refractivity contribution in [1.29, 1.82) is 0 Å². The molecule has 2 rings (SSSR count). The molecular weight excluding hydrogens is 292 g/mol. The second-order valence-corrected chi connectivity index (χ2v) is 6.65. The summed E-state index contributed by atoms with van der Waals surface area (Å²) in [6.07, 6.45) is 1.63. The highest BCUT2D eigenvalue weighted by atomic mass is 16.2. The Bertz CT molecular complexity index is 654. The molecule has 1 atom stereocenters. The predicted octanol–water partition coefficient (Wildman–Crippen LogP) is 1.95. The molecular formula is C17H22N4O2. The summed E-state index contributed by atoms with van der Waals surface area (Å²) in [5.41, 5.74) is 7.65. The van der Waals surface area contributed by atoms with Crippen molar-refractivity contribution in [3.05, 3.63) is 35.4 Å². The minimum Gasteiger partial charge on any atom is -0.273 e. The van der Waals surface area contributed by atoms with Gasteiger partial charge in [-0.2, -0.15) is 10.2 Å². The number of rotatable bonds is 4. The number of amides is 2. The van der Waals surface area contributed by atoms with Gasteiger partial charge in [-0.25, -0.2) is 10.9 Å². The normalized spacial score (nSPS) is 18.0. The summed E-state index contributed by atoms with van der Waals surface area (Å²) in [5, 5.41) is 7.74. The molecule has 6 nitrogen and oxygen atoms in total. The van der Waals surface area contributed by atoms with Gasteiger partial charge in [-0.3, -0.25) is 9.59 Å². The lowest BCUT2D eigenvalue weighted by atomic mass is 9.87. The Labute approximate surface area is 136 Å². The van der Waals surface area contributed by atoms with Gasteiger partial charge in [0.15, 0.2) is 0 Å². The number of carbonyl (C=O) groups is 2. The third-order valence-corrected chi connectivity index (χ3v) is 3.73. The number of carbonyl (C=O) groups excluding carboxylic acids is 2. The molecule has 0 saturated heterocycles. The molecule has 6 heteroatoms. The van der Waals surface area contributed by atoms with Crippen molar-refractivity contribution < 1.29 is 9.59 Å². The zero-order chi connectivity index (χ0) is 17.0. The van der Waals surface area contributed by atoms with E-state index in [0.717, 1.165) is 5.56 Å². The van der Waals surface area contributed by atoms with Crippen LogP contribution in [-0.2, 0) is 15.0 Å². The first-order valence-electron chi connectivity index (χ1n) is 7.54. The summed E-state index contributed by atoms with van der Waals surface area (Å²) < 4.78 is 0. The molecule has 1 aliphatic rings. The lowest BCUT2D eigenvalue weighted by Crippen LogP contribution is -2.29. The molecule has 0 fully saturated rings. The van der Waals surface area contributed by atoms with Crippen LogP contribution in [0.5, 0.6) is 0 Å². The monoisotopic (exact) mass is 314 g/mol. The molecule has 1 aliphatic heterocycles. The smallest absolute Gasteiger partial charge is 0.249 e. The molecule has 1 heterocycles. The Morgan fingerprint density at radius 1 is 1.35 bits per heavy atom. The van der Waals surface area contributed by atoms with Crippen molar-refractivity contribution in [3.8, 4) is 0 Å². The number of nitrogens with zero attached hydrogens (tertiary/aromatic N) is 2. The van der Waals surface area contributed by atoms with Crippen LogP contribution in [0.2, 0.25) is 0 Å². The van der Waals surface area contributed by atoms with E-state index in [0.29, 0.717) is 5.71 Å². The highest BCUT2D eigenvalue weighted by molar-refractivity contribution is 6.09. The summed E-state index contributed by atoms with van der Waals surface area (Å²) in [7, 11) is 0. The van der Waals surface area contributed by atoms with E-state index < -0.39 is 5.92 Å². The molecule has 0 saturated carbocycles. The SMILES string of the molecule is CC1=NNC(=O)[C@H]1CC(=O)N/N=C\c1ccc(C(C)(C)C)cc1. The average molecular weight is 314 g/mol. The molecule has 0 bridgehead atoms. The van der Waals surface area contributed by atoms with Crippen LogP contribution in [0.1, 0.15) is 45.2 Å². The molecule has 0 aliphatic carbocycles. The summed E-state index contributed by atoms with van der Waals surface area (Å²) in [6.45, 7) is 8.18. The number of hydrogen-bond acceptors (Lipinski definition) is 4. The third-order valence-electron chi connectivity index (χ3n) is 3.73. The molecule has 1 aromatic rings. The van der Waals surface area contributed by atoms with Crippen molar-refractivity contribution >= 4 is 23.7 Å². The van der Waals surface area contributed by atoms with Crippen molar-refractivity contribution in [3.63, 3.8) is 0 Å². The number of hydrogen-bond donors (Lipinski definition) is 2. The highest BCUT2D eigenvalue weighted by Gasteiger charge is 2.28. The van der Waals surface area contributed by atoms with E-state index in [-0.39, 0.29) is 23.7 Å². The summed E-state index contributed by atoms with van der Waals surface area (Å²) in [4.78, 5) is 23.3. The summed E-state index contributed by atoms with van der Waals surface area (Å²) in [6, 6.07) is 8.01. The van der Waals surface area contributed by atoms with Crippen LogP contribution < -0.4 is 10.9 Å². The summed E-state index contributed by atoms with van der Waals surface area (Å²) in [5.74, 6) is -1.07. The number of nitrogens with one attached hydrogen (secondary N) is 2. The molecule has 0 radical (unpaired) electrons. The number of hydrazone groups is 2. The van der Waals surface area contributed by atoms with Gasteiger partial charge in [0, 0.05) is 12.1 Å². The topological polar surface area (TPSA) is 82.9 Å². The number of benzene rings is 1. The lowest BCUT2D eigenvalue weighted by molar-refractivity contribution is -0.127. The molecule has 0 aromatic heterocycles. The zero-order valence-electron chi connectivity index (χ0n) is 13.9. The van der Waals surface area contributed by atoms with Crippen LogP contribution in [0.25, 0.3) is 0 Å². The molecule has 23 heavy (non-hydrogen) atoms. The third kappa shape index (κ3) is 4.48. The zero-order valence-corrected chi connectivity index (χ0v) is 13.9.